The summed E-state index contributed by atoms with van der Waals surface area (Å²) in [4.78, 5) is 2.74. The molecule has 2 aromatic rings. The molecular formula is C15H20N2S. The summed E-state index contributed by atoms with van der Waals surface area (Å²) in [6.45, 7) is 8.62. The largest absolute Gasteiger partial charge is 0.399 e. The molecule has 0 saturated heterocycles. The molecule has 2 nitrogen and oxygen atoms in total. The summed E-state index contributed by atoms with van der Waals surface area (Å²) < 4.78 is 0. The predicted octanol–water partition coefficient (Wildman–Crippen LogP) is 4.43. The van der Waals surface area contributed by atoms with Crippen LogP contribution in [0.1, 0.15) is 33.8 Å². The maximum Gasteiger partial charge on any atom is 0.0496 e. The summed E-state index contributed by atoms with van der Waals surface area (Å²) >= 11 is 1.85. The Morgan fingerprint density at radius 2 is 1.89 bits per heavy atom. The minimum Gasteiger partial charge on any atom is -0.399 e. The van der Waals surface area contributed by atoms with Crippen LogP contribution in [0.4, 0.5) is 11.4 Å². The minimum absolute atomic E-state index is 0.301. The molecule has 3 heteroatoms. The molecule has 1 aromatic heterocycles. The van der Waals surface area contributed by atoms with Gasteiger partial charge in [0, 0.05) is 27.2 Å². The number of nitrogens with two attached hydrogens (primary N) is 1. The van der Waals surface area contributed by atoms with Crippen molar-refractivity contribution in [2.75, 3.05) is 11.1 Å². The normalized spacial score (nSPS) is 12.4. The lowest BCUT2D eigenvalue weighted by Gasteiger charge is -2.17. The number of nitrogen functional groups attached to an aromatic ring is 1. The molecule has 0 aliphatic rings. The van der Waals surface area contributed by atoms with E-state index in [-0.39, 0.29) is 0 Å². The van der Waals surface area contributed by atoms with Gasteiger partial charge in [-0.3, -0.25) is 0 Å². The van der Waals surface area contributed by atoms with E-state index in [1.54, 1.807) is 0 Å². The Balaban J connectivity index is 2.23. The maximum absolute atomic E-state index is 5.84. The van der Waals surface area contributed by atoms with Crippen LogP contribution in [0, 0.1) is 20.8 Å². The molecule has 0 spiro atoms. The molecule has 1 aromatic carbocycles. The summed E-state index contributed by atoms with van der Waals surface area (Å²) in [5, 5.41) is 3.55. The van der Waals surface area contributed by atoms with Crippen molar-refractivity contribution in [3.63, 3.8) is 0 Å². The third-order valence-electron chi connectivity index (χ3n) is 3.18. The predicted molar refractivity (Wildman–Crippen MR) is 81.4 cm³/mol. The number of anilines is 2. The van der Waals surface area contributed by atoms with E-state index in [1.165, 1.54) is 20.9 Å². The van der Waals surface area contributed by atoms with E-state index in [0.717, 1.165) is 11.4 Å². The molecule has 0 aliphatic heterocycles. The molecular weight excluding hydrogens is 240 g/mol. The van der Waals surface area contributed by atoms with Crippen LogP contribution in [0.2, 0.25) is 0 Å². The van der Waals surface area contributed by atoms with E-state index in [2.05, 4.69) is 45.1 Å². The van der Waals surface area contributed by atoms with Crippen molar-refractivity contribution in [1.29, 1.82) is 0 Å². The summed E-state index contributed by atoms with van der Waals surface area (Å²) in [6, 6.07) is 8.55. The smallest absolute Gasteiger partial charge is 0.0496 e. The standard InChI is InChI=1S/C15H20N2S/c1-9-5-6-13(16)8-15(9)17-11(3)14-7-10(2)18-12(14)4/h5-8,11,17H,16H2,1-4H3. The molecule has 3 N–H and O–H groups in total. The summed E-state index contributed by atoms with van der Waals surface area (Å²) in [7, 11) is 0. The van der Waals surface area contributed by atoms with Gasteiger partial charge in [-0.15, -0.1) is 11.3 Å². The zero-order chi connectivity index (χ0) is 13.3. The van der Waals surface area contributed by atoms with Gasteiger partial charge in [-0.05, 0) is 57.0 Å². The maximum atomic E-state index is 5.84. The van der Waals surface area contributed by atoms with Gasteiger partial charge in [0.2, 0.25) is 0 Å². The average Bonchev–Trinajstić information content (AvgIpc) is 2.63. The third-order valence-corrected chi connectivity index (χ3v) is 4.16. The lowest BCUT2D eigenvalue weighted by Crippen LogP contribution is -2.08. The molecule has 0 saturated carbocycles. The van der Waals surface area contributed by atoms with Gasteiger partial charge < -0.3 is 11.1 Å². The van der Waals surface area contributed by atoms with Crippen molar-refractivity contribution in [2.45, 2.75) is 33.7 Å². The summed E-state index contributed by atoms with van der Waals surface area (Å²) in [5.41, 5.74) is 10.4. The zero-order valence-corrected chi connectivity index (χ0v) is 12.2. The van der Waals surface area contributed by atoms with Crippen molar-refractivity contribution in [1.82, 2.24) is 0 Å². The Labute approximate surface area is 113 Å². The lowest BCUT2D eigenvalue weighted by atomic mass is 10.1. The first kappa shape index (κ1) is 13.0. The van der Waals surface area contributed by atoms with Gasteiger partial charge in [0.1, 0.15) is 0 Å². The molecule has 0 radical (unpaired) electrons. The molecule has 0 amide bonds. The Hall–Kier alpha value is -1.48. The molecule has 0 fully saturated rings. The van der Waals surface area contributed by atoms with Gasteiger partial charge in [-0.1, -0.05) is 6.07 Å². The van der Waals surface area contributed by atoms with E-state index < -0.39 is 0 Å². The van der Waals surface area contributed by atoms with Crippen LogP contribution < -0.4 is 11.1 Å². The van der Waals surface area contributed by atoms with Crippen molar-refractivity contribution in [3.8, 4) is 0 Å². The van der Waals surface area contributed by atoms with Crippen LogP contribution in [0.25, 0.3) is 0 Å². The van der Waals surface area contributed by atoms with Gasteiger partial charge >= 0.3 is 0 Å². The molecule has 1 atom stereocenters. The monoisotopic (exact) mass is 260 g/mol. The minimum atomic E-state index is 0.301. The first-order valence-electron chi connectivity index (χ1n) is 6.17. The number of benzene rings is 1. The van der Waals surface area contributed by atoms with Crippen molar-refractivity contribution in [2.24, 2.45) is 0 Å². The van der Waals surface area contributed by atoms with Gasteiger partial charge in [-0.25, -0.2) is 0 Å². The SMILES string of the molecule is Cc1cc(C(C)Nc2cc(N)ccc2C)c(C)s1. The van der Waals surface area contributed by atoms with Crippen LogP contribution >= 0.6 is 11.3 Å². The van der Waals surface area contributed by atoms with Crippen LogP contribution in [-0.4, -0.2) is 0 Å². The summed E-state index contributed by atoms with van der Waals surface area (Å²) in [5.74, 6) is 0. The van der Waals surface area contributed by atoms with Crippen LogP contribution in [0.15, 0.2) is 24.3 Å². The lowest BCUT2D eigenvalue weighted by molar-refractivity contribution is 0.880. The highest BCUT2D eigenvalue weighted by atomic mass is 32.1. The molecule has 96 valence electrons. The Kier molecular flexibility index (Phi) is 3.62. The van der Waals surface area contributed by atoms with Gasteiger partial charge in [0.15, 0.2) is 0 Å². The third kappa shape index (κ3) is 2.67. The van der Waals surface area contributed by atoms with E-state index in [4.69, 9.17) is 5.73 Å². The highest BCUT2D eigenvalue weighted by Gasteiger charge is 2.12. The van der Waals surface area contributed by atoms with Crippen molar-refractivity contribution >= 4 is 22.7 Å². The van der Waals surface area contributed by atoms with E-state index >= 15 is 0 Å². The Bertz CT molecular complexity index is 558. The quantitative estimate of drug-likeness (QED) is 0.801. The van der Waals surface area contributed by atoms with Gasteiger partial charge in [0.25, 0.3) is 0 Å². The molecule has 2 rings (SSSR count). The first-order chi connectivity index (χ1) is 8.47. The molecule has 0 aliphatic carbocycles. The van der Waals surface area contributed by atoms with E-state index in [9.17, 15) is 0 Å². The van der Waals surface area contributed by atoms with Crippen LogP contribution in [0.5, 0.6) is 0 Å². The number of aryl methyl sites for hydroxylation is 3. The fraction of sp³-hybridized carbons (Fsp3) is 0.333. The van der Waals surface area contributed by atoms with Crippen LogP contribution in [-0.2, 0) is 0 Å². The second-order valence-corrected chi connectivity index (χ2v) is 6.27. The Morgan fingerprint density at radius 3 is 2.50 bits per heavy atom. The number of hydrogen-bond acceptors (Lipinski definition) is 3. The number of thiophene rings is 1. The highest BCUT2D eigenvalue weighted by Crippen LogP contribution is 2.30. The number of nitrogens with one attached hydrogen (secondary N) is 1. The molecule has 1 heterocycles. The Morgan fingerprint density at radius 1 is 1.17 bits per heavy atom. The zero-order valence-electron chi connectivity index (χ0n) is 11.4. The fourth-order valence-corrected chi connectivity index (χ4v) is 3.21. The van der Waals surface area contributed by atoms with E-state index in [0.29, 0.717) is 6.04 Å². The second kappa shape index (κ2) is 5.02. The van der Waals surface area contributed by atoms with Crippen LogP contribution in [0.3, 0.4) is 0 Å². The average molecular weight is 260 g/mol. The molecule has 18 heavy (non-hydrogen) atoms. The van der Waals surface area contributed by atoms with Crippen molar-refractivity contribution in [3.05, 3.63) is 45.1 Å². The number of hydrogen-bond donors (Lipinski definition) is 2. The van der Waals surface area contributed by atoms with Gasteiger partial charge in [0.05, 0.1) is 0 Å². The number of rotatable bonds is 3. The second-order valence-electron chi connectivity index (χ2n) is 4.81. The first-order valence-corrected chi connectivity index (χ1v) is 6.98. The molecule has 1 unspecified atom stereocenters. The summed E-state index contributed by atoms with van der Waals surface area (Å²) in [6.07, 6.45) is 0. The van der Waals surface area contributed by atoms with E-state index in [1.807, 2.05) is 23.5 Å². The van der Waals surface area contributed by atoms with Crippen molar-refractivity contribution < 1.29 is 0 Å². The molecule has 0 bridgehead atoms. The topological polar surface area (TPSA) is 38.0 Å². The highest BCUT2D eigenvalue weighted by molar-refractivity contribution is 7.12. The van der Waals surface area contributed by atoms with Gasteiger partial charge in [-0.2, -0.15) is 0 Å². The fourth-order valence-electron chi connectivity index (χ4n) is 2.19.